The van der Waals surface area contributed by atoms with Crippen LogP contribution >= 0.6 is 11.8 Å². The van der Waals surface area contributed by atoms with E-state index in [1.54, 1.807) is 24.3 Å². The molecule has 0 aliphatic heterocycles. The maximum Gasteiger partial charge on any atom is 0.337 e. The van der Waals surface area contributed by atoms with Crippen LogP contribution in [-0.4, -0.2) is 39.3 Å². The maximum atomic E-state index is 11.6. The first kappa shape index (κ1) is 19.6. The molecule has 144 valence electrons. The molecule has 1 aromatic heterocycles. The van der Waals surface area contributed by atoms with Gasteiger partial charge in [0.2, 0.25) is 6.54 Å². The van der Waals surface area contributed by atoms with E-state index in [0.29, 0.717) is 16.5 Å². The molecule has 0 unspecified atom stereocenters. The van der Waals surface area contributed by atoms with E-state index < -0.39 is 11.2 Å². The number of ether oxygens (including phenoxy) is 1. The third kappa shape index (κ3) is 4.37. The first-order chi connectivity index (χ1) is 13.5. The lowest BCUT2D eigenvalue weighted by atomic mass is 10.1. The molecule has 0 saturated heterocycles. The minimum atomic E-state index is -0.493. The van der Waals surface area contributed by atoms with Gasteiger partial charge in [0.25, 0.3) is 0 Å². The van der Waals surface area contributed by atoms with Gasteiger partial charge in [-0.3, -0.25) is 14.7 Å². The van der Waals surface area contributed by atoms with Crippen molar-refractivity contribution in [1.82, 2.24) is 14.8 Å². The van der Waals surface area contributed by atoms with E-state index in [1.165, 1.54) is 18.9 Å². The van der Waals surface area contributed by atoms with Crippen molar-refractivity contribution in [2.75, 3.05) is 13.7 Å². The van der Waals surface area contributed by atoms with Gasteiger partial charge in [0.15, 0.2) is 5.16 Å². The third-order valence-electron chi connectivity index (χ3n) is 4.08. The van der Waals surface area contributed by atoms with Crippen LogP contribution in [0.3, 0.4) is 0 Å². The van der Waals surface area contributed by atoms with Crippen LogP contribution in [0.5, 0.6) is 0 Å². The number of hydrogen-bond donors (Lipinski definition) is 0. The fourth-order valence-electron chi connectivity index (χ4n) is 2.72. The number of carbonyl (C=O) groups is 1. The molecule has 0 amide bonds. The molecule has 0 bridgehead atoms. The van der Waals surface area contributed by atoms with E-state index in [4.69, 9.17) is 4.74 Å². The maximum absolute atomic E-state index is 11.6. The zero-order chi connectivity index (χ0) is 20.1. The second kappa shape index (κ2) is 8.66. The first-order valence-corrected chi connectivity index (χ1v) is 9.31. The minimum absolute atomic E-state index is 0.289. The highest BCUT2D eigenvalue weighted by Gasteiger charge is 2.24. The number of thioether (sulfide) groups is 1. The second-order valence-electron chi connectivity index (χ2n) is 5.94. The first-order valence-electron chi connectivity index (χ1n) is 8.43. The molecule has 1 atom stereocenters. The Balaban J connectivity index is 1.92. The summed E-state index contributed by atoms with van der Waals surface area (Å²) in [4.78, 5) is 22.5. The van der Waals surface area contributed by atoms with Crippen LogP contribution in [0, 0.1) is 17.0 Å². The molecule has 3 rings (SSSR count). The largest absolute Gasteiger partial charge is 0.465 e. The molecular weight excluding hydrogens is 380 g/mol. The van der Waals surface area contributed by atoms with Gasteiger partial charge in [-0.15, -0.1) is 10.2 Å². The number of esters is 1. The van der Waals surface area contributed by atoms with Crippen molar-refractivity contribution in [3.63, 3.8) is 0 Å². The van der Waals surface area contributed by atoms with Crippen molar-refractivity contribution < 1.29 is 14.5 Å². The predicted octanol–water partition coefficient (Wildman–Crippen LogP) is 3.47. The van der Waals surface area contributed by atoms with Gasteiger partial charge in [-0.05, 0) is 36.8 Å². The molecule has 0 aliphatic carbocycles. The number of carbonyl (C=O) groups excluding carboxylic acids is 1. The lowest BCUT2D eigenvalue weighted by molar-refractivity contribution is -0.479. The lowest BCUT2D eigenvalue weighted by Crippen LogP contribution is -2.11. The predicted molar refractivity (Wildman–Crippen MR) is 104 cm³/mol. The van der Waals surface area contributed by atoms with E-state index in [9.17, 15) is 14.9 Å². The van der Waals surface area contributed by atoms with Crippen molar-refractivity contribution >= 4 is 17.7 Å². The van der Waals surface area contributed by atoms with Gasteiger partial charge in [0, 0.05) is 10.6 Å². The van der Waals surface area contributed by atoms with Crippen molar-refractivity contribution in [3.05, 3.63) is 81.7 Å². The molecule has 28 heavy (non-hydrogen) atoms. The van der Waals surface area contributed by atoms with Crippen molar-refractivity contribution in [3.8, 4) is 5.69 Å². The molecule has 0 N–H and O–H groups in total. The standard InChI is InChI=1S/C19H18N4O4S/c1-13-20-21-19(23(13)16-6-4-3-5-7-16)28-17(12-22(25)26)14-8-10-15(11-9-14)18(24)27-2/h3-11,17H,12H2,1-2H3/t17-/m0/s1. The van der Waals surface area contributed by atoms with Crippen LogP contribution in [0.1, 0.15) is 27.0 Å². The third-order valence-corrected chi connectivity index (χ3v) is 5.26. The van der Waals surface area contributed by atoms with Gasteiger partial charge in [-0.2, -0.15) is 0 Å². The smallest absolute Gasteiger partial charge is 0.337 e. The number of benzene rings is 2. The van der Waals surface area contributed by atoms with Crippen molar-refractivity contribution in [2.24, 2.45) is 0 Å². The monoisotopic (exact) mass is 398 g/mol. The zero-order valence-corrected chi connectivity index (χ0v) is 16.1. The molecule has 2 aromatic carbocycles. The molecule has 0 aliphatic rings. The second-order valence-corrected chi connectivity index (χ2v) is 7.11. The molecule has 3 aromatic rings. The number of methoxy groups -OCH3 is 1. The summed E-state index contributed by atoms with van der Waals surface area (Å²) < 4.78 is 6.55. The number of aromatic nitrogens is 3. The van der Waals surface area contributed by atoms with Gasteiger partial charge >= 0.3 is 5.97 Å². The summed E-state index contributed by atoms with van der Waals surface area (Å²) in [6.07, 6.45) is 0. The van der Waals surface area contributed by atoms with Crippen LogP contribution in [0.15, 0.2) is 59.8 Å². The number of rotatable bonds is 7. The number of nitrogens with zero attached hydrogens (tertiary/aromatic N) is 4. The summed E-state index contributed by atoms with van der Waals surface area (Å²) in [5.41, 5.74) is 1.99. The van der Waals surface area contributed by atoms with Crippen LogP contribution in [0.4, 0.5) is 0 Å². The molecule has 8 nitrogen and oxygen atoms in total. The Labute approximate surface area is 165 Å². The summed E-state index contributed by atoms with van der Waals surface area (Å²) in [6, 6.07) is 16.2. The van der Waals surface area contributed by atoms with Gasteiger partial charge in [0.1, 0.15) is 11.1 Å². The molecule has 0 saturated carbocycles. The topological polar surface area (TPSA) is 100 Å². The summed E-state index contributed by atoms with van der Waals surface area (Å²) in [5, 5.41) is 19.6. The van der Waals surface area contributed by atoms with Gasteiger partial charge < -0.3 is 4.74 Å². The molecule has 9 heteroatoms. The Bertz CT molecular complexity index is 973. The SMILES string of the molecule is COC(=O)c1ccc([C@H](C[N+](=O)[O-])Sc2nnc(C)n2-c2ccccc2)cc1. The lowest BCUT2D eigenvalue weighted by Gasteiger charge is -2.14. The fraction of sp³-hybridized carbons (Fsp3) is 0.211. The number of aryl methyl sites for hydroxylation is 1. The van der Waals surface area contributed by atoms with Crippen LogP contribution in [0.25, 0.3) is 5.69 Å². The molecule has 1 heterocycles. The number of hydrogen-bond acceptors (Lipinski definition) is 7. The highest BCUT2D eigenvalue weighted by atomic mass is 32.2. The summed E-state index contributed by atoms with van der Waals surface area (Å²) >= 11 is 1.26. The Morgan fingerprint density at radius 2 is 1.86 bits per heavy atom. The average molecular weight is 398 g/mol. The Morgan fingerprint density at radius 1 is 1.18 bits per heavy atom. The van der Waals surface area contributed by atoms with E-state index >= 15 is 0 Å². The molecule has 0 fully saturated rings. The fourth-order valence-corrected chi connectivity index (χ4v) is 3.89. The van der Waals surface area contributed by atoms with Crippen LogP contribution in [0.2, 0.25) is 0 Å². The van der Waals surface area contributed by atoms with E-state index in [-0.39, 0.29) is 11.5 Å². The van der Waals surface area contributed by atoms with Crippen LogP contribution < -0.4 is 0 Å². The Hall–Kier alpha value is -3.20. The van der Waals surface area contributed by atoms with Gasteiger partial charge in [0.05, 0.1) is 12.7 Å². The van der Waals surface area contributed by atoms with E-state index in [1.807, 2.05) is 41.8 Å². The number of para-hydroxylation sites is 1. The van der Waals surface area contributed by atoms with Crippen molar-refractivity contribution in [2.45, 2.75) is 17.3 Å². The quantitative estimate of drug-likeness (QED) is 0.260. The minimum Gasteiger partial charge on any atom is -0.465 e. The van der Waals surface area contributed by atoms with E-state index in [0.717, 1.165) is 11.3 Å². The molecular formula is C19H18N4O4S. The van der Waals surface area contributed by atoms with Crippen molar-refractivity contribution in [1.29, 1.82) is 0 Å². The molecule has 0 spiro atoms. The summed E-state index contributed by atoms with van der Waals surface area (Å²) in [5.74, 6) is 0.235. The average Bonchev–Trinajstić information content (AvgIpc) is 3.07. The summed E-state index contributed by atoms with van der Waals surface area (Å²) in [6.45, 7) is 1.54. The Morgan fingerprint density at radius 3 is 2.46 bits per heavy atom. The highest BCUT2D eigenvalue weighted by Crippen LogP contribution is 2.36. The summed E-state index contributed by atoms with van der Waals surface area (Å²) in [7, 11) is 1.31. The Kier molecular flexibility index (Phi) is 6.05. The van der Waals surface area contributed by atoms with Gasteiger partial charge in [-0.1, -0.05) is 42.1 Å². The highest BCUT2D eigenvalue weighted by molar-refractivity contribution is 7.99. The number of nitro groups is 1. The van der Waals surface area contributed by atoms with Crippen LogP contribution in [-0.2, 0) is 4.74 Å². The van der Waals surface area contributed by atoms with Gasteiger partial charge in [-0.25, -0.2) is 4.79 Å². The van der Waals surface area contributed by atoms with E-state index in [2.05, 4.69) is 10.2 Å². The zero-order valence-electron chi connectivity index (χ0n) is 15.3. The normalized spacial score (nSPS) is 11.8. The molecule has 0 radical (unpaired) electrons.